The van der Waals surface area contributed by atoms with E-state index in [2.05, 4.69) is 14.9 Å². The lowest BCUT2D eigenvalue weighted by Gasteiger charge is -2.34. The molecule has 1 fully saturated rings. The van der Waals surface area contributed by atoms with Crippen molar-refractivity contribution in [3.63, 3.8) is 0 Å². The minimum atomic E-state index is -0.0236. The summed E-state index contributed by atoms with van der Waals surface area (Å²) in [5, 5.41) is 1.10. The van der Waals surface area contributed by atoms with Crippen LogP contribution in [0.3, 0.4) is 0 Å². The fraction of sp³-hybridized carbons (Fsp3) is 0.278. The highest BCUT2D eigenvalue weighted by Gasteiger charge is 2.20. The highest BCUT2D eigenvalue weighted by molar-refractivity contribution is 6.35. The Hall–Kier alpha value is -2.11. The molecule has 25 heavy (non-hydrogen) atoms. The van der Waals surface area contributed by atoms with Gasteiger partial charge in [-0.1, -0.05) is 29.3 Å². The van der Waals surface area contributed by atoms with Gasteiger partial charge in [-0.05, 0) is 30.7 Å². The summed E-state index contributed by atoms with van der Waals surface area (Å²) in [6.07, 6.45) is 4.85. The predicted octanol–water partition coefficient (Wildman–Crippen LogP) is 3.45. The summed E-state index contributed by atoms with van der Waals surface area (Å²) in [7, 11) is 0. The van der Waals surface area contributed by atoms with Gasteiger partial charge < -0.3 is 9.80 Å². The van der Waals surface area contributed by atoms with Crippen LogP contribution in [-0.2, 0) is 4.79 Å². The molecule has 0 spiro atoms. The summed E-state index contributed by atoms with van der Waals surface area (Å²) in [5.74, 6) is 0.882. The maximum atomic E-state index is 12.4. The van der Waals surface area contributed by atoms with Gasteiger partial charge >= 0.3 is 0 Å². The lowest BCUT2D eigenvalue weighted by atomic mass is 10.2. The van der Waals surface area contributed by atoms with Crippen LogP contribution < -0.4 is 4.90 Å². The van der Waals surface area contributed by atoms with E-state index in [0.29, 0.717) is 23.1 Å². The van der Waals surface area contributed by atoms with Gasteiger partial charge in [-0.2, -0.15) is 0 Å². The van der Waals surface area contributed by atoms with Gasteiger partial charge in [0, 0.05) is 54.1 Å². The number of aryl methyl sites for hydroxylation is 1. The molecular formula is C18H18Cl2N4O. The summed E-state index contributed by atoms with van der Waals surface area (Å²) in [6.45, 7) is 4.74. The van der Waals surface area contributed by atoms with E-state index in [9.17, 15) is 4.79 Å². The van der Waals surface area contributed by atoms with Crippen LogP contribution in [0.4, 0.5) is 5.82 Å². The Morgan fingerprint density at radius 3 is 2.56 bits per heavy atom. The van der Waals surface area contributed by atoms with Crippen LogP contribution in [0, 0.1) is 6.92 Å². The molecule has 5 nitrogen and oxygen atoms in total. The molecule has 2 heterocycles. The molecule has 1 aliphatic rings. The molecule has 7 heteroatoms. The third-order valence-corrected chi connectivity index (χ3v) is 4.64. The van der Waals surface area contributed by atoms with Gasteiger partial charge in [0.05, 0.1) is 0 Å². The SMILES string of the molecule is Cc1cc(N2CCN(C(=O)/C=C/c3ccc(Cl)cc3Cl)CC2)ncn1. The quantitative estimate of drug-likeness (QED) is 0.769. The summed E-state index contributed by atoms with van der Waals surface area (Å²) in [4.78, 5) is 24.8. The summed E-state index contributed by atoms with van der Waals surface area (Å²) < 4.78 is 0. The Labute approximate surface area is 156 Å². The number of aromatic nitrogens is 2. The summed E-state index contributed by atoms with van der Waals surface area (Å²) in [6, 6.07) is 7.17. The van der Waals surface area contributed by atoms with Crippen molar-refractivity contribution in [2.24, 2.45) is 0 Å². The van der Waals surface area contributed by atoms with E-state index in [1.807, 2.05) is 17.9 Å². The summed E-state index contributed by atoms with van der Waals surface area (Å²) in [5.41, 5.74) is 1.71. The molecule has 1 aromatic carbocycles. The summed E-state index contributed by atoms with van der Waals surface area (Å²) >= 11 is 12.0. The van der Waals surface area contributed by atoms with E-state index >= 15 is 0 Å². The van der Waals surface area contributed by atoms with E-state index < -0.39 is 0 Å². The van der Waals surface area contributed by atoms with Gasteiger partial charge in [0.1, 0.15) is 12.1 Å². The standard InChI is InChI=1S/C18H18Cl2N4O/c1-13-10-17(22-12-21-13)23-6-8-24(9-7-23)18(25)5-3-14-2-4-15(19)11-16(14)20/h2-5,10-12H,6-9H2,1H3/b5-3+. The fourth-order valence-corrected chi connectivity index (χ4v) is 3.14. The number of hydrogen-bond acceptors (Lipinski definition) is 4. The molecule has 0 atom stereocenters. The predicted molar refractivity (Wildman–Crippen MR) is 101 cm³/mol. The Bertz CT molecular complexity index is 801. The molecule has 0 aliphatic carbocycles. The Balaban J connectivity index is 1.59. The smallest absolute Gasteiger partial charge is 0.246 e. The van der Waals surface area contributed by atoms with Crippen molar-refractivity contribution in [2.75, 3.05) is 31.1 Å². The number of carbonyl (C=O) groups excluding carboxylic acids is 1. The number of hydrogen-bond donors (Lipinski definition) is 0. The molecule has 0 bridgehead atoms. The molecule has 1 saturated heterocycles. The van der Waals surface area contributed by atoms with Gasteiger partial charge in [-0.3, -0.25) is 4.79 Å². The number of benzene rings is 1. The number of rotatable bonds is 3. The highest BCUT2D eigenvalue weighted by atomic mass is 35.5. The number of carbonyl (C=O) groups is 1. The van der Waals surface area contributed by atoms with Crippen LogP contribution >= 0.6 is 23.2 Å². The second-order valence-electron chi connectivity index (χ2n) is 5.83. The zero-order chi connectivity index (χ0) is 17.8. The first-order chi connectivity index (χ1) is 12.0. The lowest BCUT2D eigenvalue weighted by Crippen LogP contribution is -2.48. The zero-order valence-electron chi connectivity index (χ0n) is 13.8. The molecule has 0 unspecified atom stereocenters. The normalized spacial score (nSPS) is 15.0. The van der Waals surface area contributed by atoms with Crippen molar-refractivity contribution >= 4 is 41.0 Å². The van der Waals surface area contributed by atoms with Crippen LogP contribution in [0.15, 0.2) is 36.7 Å². The molecule has 1 aromatic heterocycles. The minimum Gasteiger partial charge on any atom is -0.353 e. The van der Waals surface area contributed by atoms with Gasteiger partial charge in [0.2, 0.25) is 5.91 Å². The lowest BCUT2D eigenvalue weighted by molar-refractivity contribution is -0.126. The second kappa shape index (κ2) is 7.85. The number of nitrogens with zero attached hydrogens (tertiary/aromatic N) is 4. The zero-order valence-corrected chi connectivity index (χ0v) is 15.3. The van der Waals surface area contributed by atoms with Crippen LogP contribution in [0.2, 0.25) is 10.0 Å². The topological polar surface area (TPSA) is 49.3 Å². The Kier molecular flexibility index (Phi) is 5.56. The van der Waals surface area contributed by atoms with Crippen LogP contribution in [0.5, 0.6) is 0 Å². The molecular weight excluding hydrogens is 359 g/mol. The van der Waals surface area contributed by atoms with Crippen molar-refractivity contribution in [3.8, 4) is 0 Å². The van der Waals surface area contributed by atoms with Gasteiger partial charge in [0.15, 0.2) is 0 Å². The van der Waals surface area contributed by atoms with E-state index in [1.165, 1.54) is 0 Å². The second-order valence-corrected chi connectivity index (χ2v) is 6.67. The number of amides is 1. The first-order valence-corrected chi connectivity index (χ1v) is 8.74. The molecule has 3 rings (SSSR count). The van der Waals surface area contributed by atoms with Crippen molar-refractivity contribution in [3.05, 3.63) is 58.0 Å². The molecule has 1 amide bonds. The monoisotopic (exact) mass is 376 g/mol. The molecule has 0 saturated carbocycles. The van der Waals surface area contributed by atoms with E-state index in [-0.39, 0.29) is 5.91 Å². The maximum absolute atomic E-state index is 12.4. The van der Waals surface area contributed by atoms with Gasteiger partial charge in [0.25, 0.3) is 0 Å². The van der Waals surface area contributed by atoms with Crippen molar-refractivity contribution in [1.82, 2.24) is 14.9 Å². The molecule has 2 aromatic rings. The Morgan fingerprint density at radius 1 is 1.12 bits per heavy atom. The fourth-order valence-electron chi connectivity index (χ4n) is 2.67. The number of halogens is 2. The molecule has 130 valence electrons. The molecule has 1 aliphatic heterocycles. The largest absolute Gasteiger partial charge is 0.353 e. The number of anilines is 1. The van der Waals surface area contributed by atoms with Crippen molar-refractivity contribution < 1.29 is 4.79 Å². The Morgan fingerprint density at radius 2 is 1.88 bits per heavy atom. The van der Waals surface area contributed by atoms with Crippen molar-refractivity contribution in [2.45, 2.75) is 6.92 Å². The van der Waals surface area contributed by atoms with Gasteiger partial charge in [-0.25, -0.2) is 9.97 Å². The molecule has 0 radical (unpaired) electrons. The third kappa shape index (κ3) is 4.50. The van der Waals surface area contributed by atoms with E-state index in [0.717, 1.165) is 30.2 Å². The van der Waals surface area contributed by atoms with E-state index in [1.54, 1.807) is 36.7 Å². The average molecular weight is 377 g/mol. The highest BCUT2D eigenvalue weighted by Crippen LogP contribution is 2.22. The maximum Gasteiger partial charge on any atom is 0.246 e. The average Bonchev–Trinajstić information content (AvgIpc) is 2.61. The van der Waals surface area contributed by atoms with E-state index in [4.69, 9.17) is 23.2 Å². The van der Waals surface area contributed by atoms with Crippen LogP contribution in [0.25, 0.3) is 6.08 Å². The third-order valence-electron chi connectivity index (χ3n) is 4.07. The minimum absolute atomic E-state index is 0.0236. The number of piperazine rings is 1. The molecule has 0 N–H and O–H groups in total. The first-order valence-electron chi connectivity index (χ1n) is 7.98. The first kappa shape index (κ1) is 17.7. The van der Waals surface area contributed by atoms with Crippen LogP contribution in [-0.4, -0.2) is 47.0 Å². The van der Waals surface area contributed by atoms with Crippen LogP contribution in [0.1, 0.15) is 11.3 Å². The van der Waals surface area contributed by atoms with Gasteiger partial charge in [-0.15, -0.1) is 0 Å². The van der Waals surface area contributed by atoms with Crippen molar-refractivity contribution in [1.29, 1.82) is 0 Å².